The van der Waals surface area contributed by atoms with Gasteiger partial charge in [-0.3, -0.25) is 4.79 Å². The Morgan fingerprint density at radius 3 is 3.00 bits per heavy atom. The van der Waals surface area contributed by atoms with Gasteiger partial charge >= 0.3 is 0 Å². The molecule has 0 saturated carbocycles. The Bertz CT molecular complexity index is 185. The maximum Gasteiger partial charge on any atom is 0.228 e. The van der Waals surface area contributed by atoms with Crippen molar-refractivity contribution in [2.75, 3.05) is 0 Å². The van der Waals surface area contributed by atoms with Crippen molar-refractivity contribution in [2.45, 2.75) is 19.4 Å². The molecule has 2 aliphatic rings. The van der Waals surface area contributed by atoms with Crippen molar-refractivity contribution < 1.29 is 4.79 Å². The highest BCUT2D eigenvalue weighted by atomic mass is 16.2. The molecule has 0 aliphatic carbocycles. The fourth-order valence-electron chi connectivity index (χ4n) is 1.44. The average Bonchev–Trinajstić information content (AvgIpc) is 2.07. The Kier molecular flexibility index (Phi) is 0.770. The summed E-state index contributed by atoms with van der Waals surface area (Å²) in [6.07, 6.45) is 4.75. The predicted molar refractivity (Wildman–Crippen MR) is 33.6 cm³/mol. The van der Waals surface area contributed by atoms with Crippen LogP contribution in [0.5, 0.6) is 0 Å². The molecule has 2 heteroatoms. The molecule has 0 bridgehead atoms. The standard InChI is InChI=1S/C7H9NO/c1-5-2-3-8-6(5)4-7(8)9/h2-3,5-6H,4H2,1H3/t5?,6-/m0/s1. The zero-order valence-electron chi connectivity index (χ0n) is 5.37. The summed E-state index contributed by atoms with van der Waals surface area (Å²) in [6.45, 7) is 2.15. The first kappa shape index (κ1) is 5.03. The molecule has 1 unspecified atom stereocenters. The summed E-state index contributed by atoms with van der Waals surface area (Å²) in [7, 11) is 0. The fourth-order valence-corrected chi connectivity index (χ4v) is 1.44. The normalized spacial score (nSPS) is 38.8. The molecule has 0 spiro atoms. The first-order valence-corrected chi connectivity index (χ1v) is 3.28. The van der Waals surface area contributed by atoms with Gasteiger partial charge in [-0.05, 0) is 5.92 Å². The molecule has 48 valence electrons. The van der Waals surface area contributed by atoms with E-state index >= 15 is 0 Å². The fraction of sp³-hybridized carbons (Fsp3) is 0.571. The van der Waals surface area contributed by atoms with Gasteiger partial charge in [-0.25, -0.2) is 0 Å². The summed E-state index contributed by atoms with van der Waals surface area (Å²) >= 11 is 0. The van der Waals surface area contributed by atoms with Crippen LogP contribution in [0.2, 0.25) is 0 Å². The molecule has 2 rings (SSSR count). The highest BCUT2D eigenvalue weighted by molar-refractivity contribution is 5.85. The lowest BCUT2D eigenvalue weighted by Gasteiger charge is -2.35. The Balaban J connectivity index is 2.19. The van der Waals surface area contributed by atoms with E-state index in [1.165, 1.54) is 0 Å². The van der Waals surface area contributed by atoms with E-state index in [2.05, 4.69) is 13.0 Å². The minimum absolute atomic E-state index is 0.278. The quantitative estimate of drug-likeness (QED) is 0.435. The number of carbonyl (C=O) groups is 1. The topological polar surface area (TPSA) is 20.3 Å². The van der Waals surface area contributed by atoms with Crippen LogP contribution in [0.15, 0.2) is 12.3 Å². The van der Waals surface area contributed by atoms with Crippen molar-refractivity contribution in [3.63, 3.8) is 0 Å². The van der Waals surface area contributed by atoms with Gasteiger partial charge in [0.15, 0.2) is 0 Å². The van der Waals surface area contributed by atoms with E-state index < -0.39 is 0 Å². The molecule has 0 N–H and O–H groups in total. The van der Waals surface area contributed by atoms with Gasteiger partial charge in [-0.15, -0.1) is 0 Å². The number of rotatable bonds is 0. The third-order valence-electron chi connectivity index (χ3n) is 2.19. The Morgan fingerprint density at radius 1 is 1.78 bits per heavy atom. The lowest BCUT2D eigenvalue weighted by molar-refractivity contribution is -0.141. The van der Waals surface area contributed by atoms with E-state index in [-0.39, 0.29) is 5.91 Å². The maximum atomic E-state index is 10.7. The van der Waals surface area contributed by atoms with Crippen LogP contribution in [0.4, 0.5) is 0 Å². The average molecular weight is 123 g/mol. The van der Waals surface area contributed by atoms with Crippen molar-refractivity contribution in [1.29, 1.82) is 0 Å². The molecule has 1 saturated heterocycles. The molecule has 9 heavy (non-hydrogen) atoms. The Labute approximate surface area is 54.1 Å². The zero-order chi connectivity index (χ0) is 6.43. The molecule has 0 radical (unpaired) electrons. The van der Waals surface area contributed by atoms with Crippen molar-refractivity contribution in [2.24, 2.45) is 5.92 Å². The summed E-state index contributed by atoms with van der Waals surface area (Å²) < 4.78 is 0. The minimum atomic E-state index is 0.278. The van der Waals surface area contributed by atoms with Crippen LogP contribution in [0, 0.1) is 5.92 Å². The molecule has 1 amide bonds. The molecule has 1 fully saturated rings. The highest BCUT2D eigenvalue weighted by Gasteiger charge is 2.40. The largest absolute Gasteiger partial charge is 0.315 e. The summed E-state index contributed by atoms with van der Waals surface area (Å²) in [5.74, 6) is 0.864. The number of carbonyl (C=O) groups excluding carboxylic acids is 1. The van der Waals surface area contributed by atoms with Crippen LogP contribution in [0.3, 0.4) is 0 Å². The summed E-state index contributed by atoms with van der Waals surface area (Å²) in [5, 5.41) is 0. The second-order valence-corrected chi connectivity index (χ2v) is 2.77. The number of nitrogens with zero attached hydrogens (tertiary/aromatic N) is 1. The number of hydrogen-bond donors (Lipinski definition) is 0. The summed E-state index contributed by atoms with van der Waals surface area (Å²) in [5.41, 5.74) is 0. The lowest BCUT2D eigenvalue weighted by Crippen LogP contribution is -2.48. The van der Waals surface area contributed by atoms with Gasteiger partial charge in [0.05, 0.1) is 6.04 Å². The minimum Gasteiger partial charge on any atom is -0.315 e. The highest BCUT2D eigenvalue weighted by Crippen LogP contribution is 2.32. The molecule has 0 aromatic carbocycles. The molecular formula is C7H9NO. The summed E-state index contributed by atoms with van der Waals surface area (Å²) in [6, 6.07) is 0.512. The van der Waals surface area contributed by atoms with Crippen LogP contribution in [0.1, 0.15) is 13.3 Å². The van der Waals surface area contributed by atoms with E-state index in [0.29, 0.717) is 12.0 Å². The van der Waals surface area contributed by atoms with Gasteiger partial charge in [-0.1, -0.05) is 13.0 Å². The molecule has 2 heterocycles. The first-order valence-electron chi connectivity index (χ1n) is 3.28. The molecule has 0 aromatic heterocycles. The van der Waals surface area contributed by atoms with E-state index in [0.717, 1.165) is 6.42 Å². The molecular weight excluding hydrogens is 114 g/mol. The number of hydrogen-bond acceptors (Lipinski definition) is 1. The van der Waals surface area contributed by atoms with Gasteiger partial charge in [0.2, 0.25) is 5.91 Å². The van der Waals surface area contributed by atoms with Gasteiger partial charge < -0.3 is 4.90 Å². The number of β-lactam (4-membered cyclic amide) rings is 1. The van der Waals surface area contributed by atoms with Gasteiger partial charge in [0.25, 0.3) is 0 Å². The van der Waals surface area contributed by atoms with Gasteiger partial charge in [-0.2, -0.15) is 0 Å². The van der Waals surface area contributed by atoms with Gasteiger partial charge in [0.1, 0.15) is 0 Å². The second-order valence-electron chi connectivity index (χ2n) is 2.77. The van der Waals surface area contributed by atoms with Crippen molar-refractivity contribution in [3.05, 3.63) is 12.3 Å². The van der Waals surface area contributed by atoms with E-state index in [4.69, 9.17) is 0 Å². The van der Waals surface area contributed by atoms with E-state index in [1.807, 2.05) is 11.1 Å². The van der Waals surface area contributed by atoms with Crippen LogP contribution in [-0.2, 0) is 4.79 Å². The number of fused-ring (bicyclic) bond motifs is 1. The van der Waals surface area contributed by atoms with Crippen molar-refractivity contribution >= 4 is 5.91 Å². The zero-order valence-corrected chi connectivity index (χ0v) is 5.37. The monoisotopic (exact) mass is 123 g/mol. The predicted octanol–water partition coefficient (Wildman–Crippen LogP) is 0.751. The van der Waals surface area contributed by atoms with Crippen LogP contribution in [0.25, 0.3) is 0 Å². The summed E-state index contributed by atoms with van der Waals surface area (Å²) in [4.78, 5) is 12.6. The van der Waals surface area contributed by atoms with Crippen LogP contribution in [-0.4, -0.2) is 16.8 Å². The van der Waals surface area contributed by atoms with Crippen molar-refractivity contribution in [3.8, 4) is 0 Å². The maximum absolute atomic E-state index is 10.7. The van der Waals surface area contributed by atoms with Crippen LogP contribution >= 0.6 is 0 Å². The Morgan fingerprint density at radius 2 is 2.56 bits per heavy atom. The molecule has 2 atom stereocenters. The van der Waals surface area contributed by atoms with E-state index in [1.54, 1.807) is 0 Å². The lowest BCUT2D eigenvalue weighted by atomic mass is 9.94. The Hall–Kier alpha value is -0.790. The van der Waals surface area contributed by atoms with Crippen LogP contribution < -0.4 is 0 Å². The third kappa shape index (κ3) is 0.479. The number of amides is 1. The third-order valence-corrected chi connectivity index (χ3v) is 2.19. The van der Waals surface area contributed by atoms with Crippen molar-refractivity contribution in [1.82, 2.24) is 4.90 Å². The molecule has 2 nitrogen and oxygen atoms in total. The second kappa shape index (κ2) is 1.38. The first-order chi connectivity index (χ1) is 4.29. The SMILES string of the molecule is CC1C=CN2C(=O)C[C@@H]12. The van der Waals surface area contributed by atoms with E-state index in [9.17, 15) is 4.79 Å². The molecule has 0 aromatic rings. The molecule has 2 aliphatic heterocycles. The van der Waals surface area contributed by atoms with Gasteiger partial charge in [0, 0.05) is 12.6 Å². The smallest absolute Gasteiger partial charge is 0.228 e.